The van der Waals surface area contributed by atoms with E-state index in [2.05, 4.69) is 15.2 Å². The number of thioether (sulfide) groups is 1. The molecule has 1 N–H and O–H groups in total. The van der Waals surface area contributed by atoms with E-state index in [0.717, 1.165) is 76.2 Å². The number of nitrogens with zero attached hydrogens (tertiary/aromatic N) is 3. The molecule has 0 saturated carbocycles. The first-order chi connectivity index (χ1) is 16.7. The molecule has 10 heteroatoms. The first kappa shape index (κ1) is 23.2. The first-order valence-corrected chi connectivity index (χ1v) is 12.9. The van der Waals surface area contributed by atoms with E-state index >= 15 is 0 Å². The van der Waals surface area contributed by atoms with Crippen LogP contribution >= 0.6 is 11.8 Å². The fraction of sp³-hybridized carbons (Fsp3) is 0.542. The molecule has 2 aromatic rings. The third-order valence-corrected chi connectivity index (χ3v) is 7.42. The monoisotopic (exact) mass is 486 g/mol. The molecule has 1 saturated heterocycles. The minimum Gasteiger partial charge on any atom is -0.454 e. The van der Waals surface area contributed by atoms with Crippen molar-refractivity contribution in [2.75, 3.05) is 50.7 Å². The van der Waals surface area contributed by atoms with Crippen LogP contribution in [0.5, 0.6) is 11.5 Å². The second-order valence-electron chi connectivity index (χ2n) is 8.70. The van der Waals surface area contributed by atoms with E-state index in [4.69, 9.17) is 14.2 Å². The van der Waals surface area contributed by atoms with Crippen LogP contribution in [0.4, 0.5) is 5.69 Å². The van der Waals surface area contributed by atoms with Crippen LogP contribution in [0.15, 0.2) is 28.0 Å². The number of rotatable bonds is 8. The second-order valence-corrected chi connectivity index (χ2v) is 9.66. The molecule has 1 fully saturated rings. The number of morpholine rings is 1. The van der Waals surface area contributed by atoms with E-state index < -0.39 is 0 Å². The predicted octanol–water partition coefficient (Wildman–Crippen LogP) is 2.30. The average Bonchev–Trinajstić information content (AvgIpc) is 3.33. The Morgan fingerprint density at radius 1 is 1.09 bits per heavy atom. The number of carbonyl (C=O) groups excluding carboxylic acids is 1. The molecule has 0 spiro atoms. The van der Waals surface area contributed by atoms with Gasteiger partial charge in [0, 0.05) is 49.2 Å². The van der Waals surface area contributed by atoms with Gasteiger partial charge in [-0.3, -0.25) is 14.3 Å². The Labute approximate surface area is 202 Å². The van der Waals surface area contributed by atoms with Crippen molar-refractivity contribution < 1.29 is 19.0 Å². The number of fused-ring (bicyclic) bond motifs is 2. The Bertz CT molecular complexity index is 1100. The van der Waals surface area contributed by atoms with E-state index in [9.17, 15) is 9.59 Å². The molecular weight excluding hydrogens is 456 g/mol. The number of aromatic nitrogens is 2. The van der Waals surface area contributed by atoms with Gasteiger partial charge in [-0.1, -0.05) is 11.8 Å². The largest absolute Gasteiger partial charge is 0.454 e. The molecular formula is C24H30N4O5S. The van der Waals surface area contributed by atoms with E-state index in [0.29, 0.717) is 28.8 Å². The van der Waals surface area contributed by atoms with Gasteiger partial charge in [-0.2, -0.15) is 4.98 Å². The molecule has 1 amide bonds. The number of hydrogen-bond donors (Lipinski definition) is 1. The lowest BCUT2D eigenvalue weighted by Gasteiger charge is -2.27. The zero-order chi connectivity index (χ0) is 23.3. The smallest absolute Gasteiger partial charge is 0.348 e. The van der Waals surface area contributed by atoms with Crippen LogP contribution in [0.2, 0.25) is 0 Å². The lowest BCUT2D eigenvalue weighted by molar-refractivity contribution is -0.113. The van der Waals surface area contributed by atoms with Crippen molar-refractivity contribution in [1.82, 2.24) is 14.5 Å². The summed E-state index contributed by atoms with van der Waals surface area (Å²) in [6.45, 7) is 5.31. The van der Waals surface area contributed by atoms with Crippen LogP contribution in [0.1, 0.15) is 30.5 Å². The minimum atomic E-state index is -0.207. The van der Waals surface area contributed by atoms with Gasteiger partial charge in [-0.15, -0.1) is 0 Å². The van der Waals surface area contributed by atoms with Gasteiger partial charge in [-0.05, 0) is 44.2 Å². The van der Waals surface area contributed by atoms with E-state index in [1.165, 1.54) is 11.8 Å². The SMILES string of the molecule is O=C(CSc1nc(=O)n(CCCN2CCOCC2)c2c1CCCC2)Nc1ccc2c(c1)OCO2. The zero-order valence-electron chi connectivity index (χ0n) is 19.2. The quantitative estimate of drug-likeness (QED) is 0.449. The van der Waals surface area contributed by atoms with Crippen molar-refractivity contribution in [3.63, 3.8) is 0 Å². The summed E-state index contributed by atoms with van der Waals surface area (Å²) < 4.78 is 18.0. The number of carbonyl (C=O) groups is 1. The van der Waals surface area contributed by atoms with Gasteiger partial charge in [0.1, 0.15) is 5.03 Å². The lowest BCUT2D eigenvalue weighted by atomic mass is 9.97. The van der Waals surface area contributed by atoms with Crippen LogP contribution in [0.3, 0.4) is 0 Å². The number of ether oxygens (including phenoxy) is 3. The maximum Gasteiger partial charge on any atom is 0.348 e. The van der Waals surface area contributed by atoms with Crippen molar-refractivity contribution in [3.8, 4) is 11.5 Å². The van der Waals surface area contributed by atoms with Crippen LogP contribution in [0, 0.1) is 0 Å². The fourth-order valence-electron chi connectivity index (χ4n) is 4.68. The van der Waals surface area contributed by atoms with Crippen LogP contribution < -0.4 is 20.5 Å². The Kier molecular flexibility index (Phi) is 7.36. The number of hydrogen-bond acceptors (Lipinski definition) is 8. The van der Waals surface area contributed by atoms with Gasteiger partial charge in [0.05, 0.1) is 19.0 Å². The van der Waals surface area contributed by atoms with E-state index in [1.54, 1.807) is 18.2 Å². The lowest BCUT2D eigenvalue weighted by Crippen LogP contribution is -2.38. The van der Waals surface area contributed by atoms with Crippen LogP contribution in [-0.2, 0) is 28.9 Å². The highest BCUT2D eigenvalue weighted by atomic mass is 32.2. The molecule has 0 radical (unpaired) electrons. The Morgan fingerprint density at radius 3 is 2.79 bits per heavy atom. The molecule has 9 nitrogen and oxygen atoms in total. The van der Waals surface area contributed by atoms with Crippen molar-refractivity contribution in [1.29, 1.82) is 0 Å². The summed E-state index contributed by atoms with van der Waals surface area (Å²) in [6, 6.07) is 5.32. The number of benzene rings is 1. The molecule has 1 aromatic carbocycles. The first-order valence-electron chi connectivity index (χ1n) is 11.9. The van der Waals surface area contributed by atoms with Crippen LogP contribution in [0.25, 0.3) is 0 Å². The molecule has 1 aromatic heterocycles. The summed E-state index contributed by atoms with van der Waals surface area (Å²) in [5.74, 6) is 1.34. The molecule has 0 atom stereocenters. The molecule has 34 heavy (non-hydrogen) atoms. The molecule has 3 aliphatic rings. The average molecular weight is 487 g/mol. The highest BCUT2D eigenvalue weighted by Gasteiger charge is 2.22. The Morgan fingerprint density at radius 2 is 1.91 bits per heavy atom. The van der Waals surface area contributed by atoms with E-state index in [1.807, 2.05) is 4.57 Å². The van der Waals surface area contributed by atoms with Gasteiger partial charge in [0.15, 0.2) is 11.5 Å². The number of nitrogens with one attached hydrogen (secondary N) is 1. The van der Waals surface area contributed by atoms with Gasteiger partial charge in [0.2, 0.25) is 12.7 Å². The summed E-state index contributed by atoms with van der Waals surface area (Å²) >= 11 is 1.34. The summed E-state index contributed by atoms with van der Waals surface area (Å²) in [4.78, 5) is 32.3. The van der Waals surface area contributed by atoms with Gasteiger partial charge in [-0.25, -0.2) is 4.79 Å². The number of anilines is 1. The highest BCUT2D eigenvalue weighted by molar-refractivity contribution is 8.00. The molecule has 0 unspecified atom stereocenters. The summed E-state index contributed by atoms with van der Waals surface area (Å²) in [5.41, 5.74) is 2.69. The maximum atomic E-state index is 12.9. The number of amides is 1. The van der Waals surface area contributed by atoms with Gasteiger partial charge in [0.25, 0.3) is 0 Å². The van der Waals surface area contributed by atoms with Crippen molar-refractivity contribution >= 4 is 23.4 Å². The van der Waals surface area contributed by atoms with Gasteiger partial charge < -0.3 is 19.5 Å². The topological polar surface area (TPSA) is 94.9 Å². The van der Waals surface area contributed by atoms with Crippen molar-refractivity contribution in [2.24, 2.45) is 0 Å². The molecule has 3 heterocycles. The minimum absolute atomic E-state index is 0.148. The summed E-state index contributed by atoms with van der Waals surface area (Å²) in [6.07, 6.45) is 4.87. The third-order valence-electron chi connectivity index (χ3n) is 6.41. The fourth-order valence-corrected chi connectivity index (χ4v) is 5.56. The molecule has 5 rings (SSSR count). The molecule has 0 bridgehead atoms. The predicted molar refractivity (Wildman–Crippen MR) is 129 cm³/mol. The van der Waals surface area contributed by atoms with Crippen LogP contribution in [-0.4, -0.2) is 65.8 Å². The Hall–Kier alpha value is -2.56. The molecule has 2 aliphatic heterocycles. The standard InChI is InChI=1S/C24H30N4O5S/c29-22(25-17-6-7-20-21(14-17)33-16-32-20)15-34-23-18-4-1-2-5-19(18)28(24(30)26-23)9-3-8-27-10-12-31-13-11-27/h6-7,14H,1-5,8-13,15-16H2,(H,25,29). The van der Waals surface area contributed by atoms with Crippen molar-refractivity contribution in [2.45, 2.75) is 43.7 Å². The van der Waals surface area contributed by atoms with Gasteiger partial charge >= 0.3 is 5.69 Å². The van der Waals surface area contributed by atoms with Crippen molar-refractivity contribution in [3.05, 3.63) is 39.9 Å². The molecule has 182 valence electrons. The summed E-state index contributed by atoms with van der Waals surface area (Å²) in [7, 11) is 0. The second kappa shape index (κ2) is 10.8. The maximum absolute atomic E-state index is 12.9. The normalized spacial score (nSPS) is 17.4. The molecule has 1 aliphatic carbocycles. The Balaban J connectivity index is 1.22. The summed E-state index contributed by atoms with van der Waals surface area (Å²) in [5, 5.41) is 3.59. The van der Waals surface area contributed by atoms with E-state index in [-0.39, 0.29) is 24.1 Å². The third kappa shape index (κ3) is 5.39. The highest BCUT2D eigenvalue weighted by Crippen LogP contribution is 2.34. The zero-order valence-corrected chi connectivity index (χ0v) is 20.0.